The van der Waals surface area contributed by atoms with Crippen molar-refractivity contribution < 1.29 is 13.9 Å². The fourth-order valence-corrected chi connectivity index (χ4v) is 3.15. The minimum atomic E-state index is -0.157. The van der Waals surface area contributed by atoms with Gasteiger partial charge in [-0.25, -0.2) is 4.98 Å². The van der Waals surface area contributed by atoms with E-state index in [-0.39, 0.29) is 23.3 Å². The van der Waals surface area contributed by atoms with Gasteiger partial charge < -0.3 is 14.5 Å². The highest BCUT2D eigenvalue weighted by molar-refractivity contribution is 5.93. The third-order valence-corrected chi connectivity index (χ3v) is 4.16. The maximum absolute atomic E-state index is 12.4. The third kappa shape index (κ3) is 3.88. The minimum absolute atomic E-state index is 0.0762. The van der Waals surface area contributed by atoms with E-state index in [1.807, 2.05) is 13.8 Å². The summed E-state index contributed by atoms with van der Waals surface area (Å²) in [7, 11) is 0. The number of hydrogen-bond donors (Lipinski definition) is 1. The van der Waals surface area contributed by atoms with Crippen LogP contribution in [-0.4, -0.2) is 30.1 Å². The molecule has 22 heavy (non-hydrogen) atoms. The van der Waals surface area contributed by atoms with Crippen molar-refractivity contribution in [3.63, 3.8) is 0 Å². The van der Waals surface area contributed by atoms with Gasteiger partial charge in [-0.3, -0.25) is 4.79 Å². The highest BCUT2D eigenvalue weighted by atomic mass is 16.5. The van der Waals surface area contributed by atoms with Gasteiger partial charge in [0.2, 0.25) is 0 Å². The van der Waals surface area contributed by atoms with Crippen molar-refractivity contribution in [2.75, 3.05) is 13.2 Å². The van der Waals surface area contributed by atoms with E-state index >= 15 is 0 Å². The van der Waals surface area contributed by atoms with Crippen molar-refractivity contribution in [2.24, 2.45) is 11.3 Å². The summed E-state index contributed by atoms with van der Waals surface area (Å²) in [6, 6.07) is 0. The summed E-state index contributed by atoms with van der Waals surface area (Å²) in [4.78, 5) is 16.4. The lowest BCUT2D eigenvalue weighted by molar-refractivity contribution is -0.0839. The predicted octanol–water partition coefficient (Wildman–Crippen LogP) is 3.37. The number of oxazole rings is 1. The van der Waals surface area contributed by atoms with Gasteiger partial charge in [0.15, 0.2) is 12.1 Å². The zero-order valence-corrected chi connectivity index (χ0v) is 14.3. The van der Waals surface area contributed by atoms with Crippen molar-refractivity contribution in [3.8, 4) is 0 Å². The molecule has 5 nitrogen and oxygen atoms in total. The van der Waals surface area contributed by atoms with Gasteiger partial charge in [-0.1, -0.05) is 34.6 Å². The Balaban J connectivity index is 1.99. The van der Waals surface area contributed by atoms with Crippen LogP contribution in [0.3, 0.4) is 0 Å². The van der Waals surface area contributed by atoms with Gasteiger partial charge >= 0.3 is 0 Å². The van der Waals surface area contributed by atoms with Crippen LogP contribution in [0.15, 0.2) is 10.8 Å². The van der Waals surface area contributed by atoms with E-state index in [9.17, 15) is 4.79 Å². The van der Waals surface area contributed by atoms with Crippen LogP contribution in [0.2, 0.25) is 0 Å². The first-order valence-electron chi connectivity index (χ1n) is 8.14. The Morgan fingerprint density at radius 2 is 2.18 bits per heavy atom. The van der Waals surface area contributed by atoms with Crippen LogP contribution in [0.5, 0.6) is 0 Å². The molecule has 124 valence electrons. The number of rotatable bonds is 4. The van der Waals surface area contributed by atoms with Crippen LogP contribution < -0.4 is 5.32 Å². The molecule has 0 radical (unpaired) electrons. The highest BCUT2D eigenvalue weighted by Gasteiger charge is 2.35. The van der Waals surface area contributed by atoms with E-state index in [0.29, 0.717) is 23.9 Å². The zero-order chi connectivity index (χ0) is 16.3. The smallest absolute Gasteiger partial charge is 0.273 e. The van der Waals surface area contributed by atoms with Gasteiger partial charge in [-0.05, 0) is 18.3 Å². The van der Waals surface area contributed by atoms with E-state index < -0.39 is 0 Å². The molecule has 0 spiro atoms. The molecule has 1 aromatic heterocycles. The largest absolute Gasteiger partial charge is 0.447 e. The molecule has 0 aromatic carbocycles. The molecule has 2 rings (SSSR count). The van der Waals surface area contributed by atoms with Crippen molar-refractivity contribution in [1.82, 2.24) is 10.3 Å². The molecule has 1 fully saturated rings. The minimum Gasteiger partial charge on any atom is -0.447 e. The number of nitrogens with one attached hydrogen (secondary N) is 1. The number of carbonyl (C=O) groups excluding carboxylic acids is 1. The average Bonchev–Trinajstić information content (AvgIpc) is 2.93. The summed E-state index contributed by atoms with van der Waals surface area (Å²) in [6.07, 6.45) is 3.64. The second kappa shape index (κ2) is 6.82. The Kier molecular flexibility index (Phi) is 5.27. The van der Waals surface area contributed by atoms with E-state index in [1.165, 1.54) is 6.39 Å². The third-order valence-electron chi connectivity index (χ3n) is 4.16. The Labute approximate surface area is 132 Å². The quantitative estimate of drug-likeness (QED) is 0.926. The first-order chi connectivity index (χ1) is 10.3. The number of hydrogen-bond acceptors (Lipinski definition) is 4. The summed E-state index contributed by atoms with van der Waals surface area (Å²) in [6.45, 7) is 12.0. The van der Waals surface area contributed by atoms with Crippen LogP contribution in [-0.2, 0) is 4.74 Å². The van der Waals surface area contributed by atoms with Gasteiger partial charge in [0.25, 0.3) is 5.91 Å². The van der Waals surface area contributed by atoms with Crippen LogP contribution in [0.25, 0.3) is 0 Å². The van der Waals surface area contributed by atoms with Crippen molar-refractivity contribution in [2.45, 2.75) is 59.5 Å². The topological polar surface area (TPSA) is 64.4 Å². The second-order valence-electron chi connectivity index (χ2n) is 7.49. The highest BCUT2D eigenvalue weighted by Crippen LogP contribution is 2.33. The second-order valence-corrected chi connectivity index (χ2v) is 7.49. The van der Waals surface area contributed by atoms with Crippen molar-refractivity contribution in [1.29, 1.82) is 0 Å². The number of aromatic nitrogens is 1. The Bertz CT molecular complexity index is 502. The Morgan fingerprint density at radius 1 is 1.45 bits per heavy atom. The van der Waals surface area contributed by atoms with Gasteiger partial charge in [-0.2, -0.15) is 0 Å². The first kappa shape index (κ1) is 17.0. The molecule has 1 aliphatic rings. The lowest BCUT2D eigenvalue weighted by Crippen LogP contribution is -2.45. The maximum Gasteiger partial charge on any atom is 0.273 e. The zero-order valence-electron chi connectivity index (χ0n) is 14.3. The van der Waals surface area contributed by atoms with Gasteiger partial charge in [0.1, 0.15) is 5.76 Å². The SMILES string of the molecule is CC(C)c1ocnc1C(=O)NCC1CCCOC1C(C)(C)C. The molecule has 0 bridgehead atoms. The van der Waals surface area contributed by atoms with E-state index in [4.69, 9.17) is 9.15 Å². The molecule has 2 heterocycles. The van der Waals surface area contributed by atoms with Crippen LogP contribution in [0.1, 0.15) is 69.6 Å². The molecule has 5 heteroatoms. The molecule has 0 aliphatic carbocycles. The van der Waals surface area contributed by atoms with Crippen LogP contribution >= 0.6 is 0 Å². The molecular weight excluding hydrogens is 280 g/mol. The van der Waals surface area contributed by atoms with E-state index in [1.54, 1.807) is 0 Å². The fourth-order valence-electron chi connectivity index (χ4n) is 3.15. The number of nitrogens with zero attached hydrogens (tertiary/aromatic N) is 1. The summed E-state index contributed by atoms with van der Waals surface area (Å²) in [5.41, 5.74) is 0.478. The number of carbonyl (C=O) groups is 1. The molecule has 0 saturated carbocycles. The molecule has 2 unspecified atom stereocenters. The Hall–Kier alpha value is -1.36. The molecule has 1 N–H and O–H groups in total. The lowest BCUT2D eigenvalue weighted by Gasteiger charge is -2.40. The average molecular weight is 308 g/mol. The van der Waals surface area contributed by atoms with E-state index in [0.717, 1.165) is 19.4 Å². The van der Waals surface area contributed by atoms with Crippen LogP contribution in [0, 0.1) is 11.3 Å². The van der Waals surface area contributed by atoms with Crippen molar-refractivity contribution >= 4 is 5.91 Å². The molecule has 2 atom stereocenters. The van der Waals surface area contributed by atoms with Gasteiger partial charge in [-0.15, -0.1) is 0 Å². The molecule has 1 saturated heterocycles. The number of amides is 1. The summed E-state index contributed by atoms with van der Waals surface area (Å²) < 4.78 is 11.3. The summed E-state index contributed by atoms with van der Waals surface area (Å²) in [5, 5.41) is 3.01. The van der Waals surface area contributed by atoms with Crippen molar-refractivity contribution in [3.05, 3.63) is 17.8 Å². The Morgan fingerprint density at radius 3 is 2.82 bits per heavy atom. The summed E-state index contributed by atoms with van der Waals surface area (Å²) in [5.74, 6) is 0.969. The lowest BCUT2D eigenvalue weighted by atomic mass is 9.78. The van der Waals surface area contributed by atoms with Gasteiger partial charge in [0.05, 0.1) is 6.10 Å². The predicted molar refractivity (Wildman–Crippen MR) is 84.8 cm³/mol. The standard InChI is InChI=1S/C17H28N2O3/c1-11(2)14-13(19-10-22-14)16(20)18-9-12-7-6-8-21-15(12)17(3,4)5/h10-12,15H,6-9H2,1-5H3,(H,18,20). The monoisotopic (exact) mass is 308 g/mol. The van der Waals surface area contributed by atoms with Gasteiger partial charge in [0, 0.05) is 25.0 Å². The first-order valence-corrected chi connectivity index (χ1v) is 8.14. The normalized spacial score (nSPS) is 22.8. The van der Waals surface area contributed by atoms with Crippen LogP contribution in [0.4, 0.5) is 0 Å². The summed E-state index contributed by atoms with van der Waals surface area (Å²) >= 11 is 0. The van der Waals surface area contributed by atoms with E-state index in [2.05, 4.69) is 31.1 Å². The maximum atomic E-state index is 12.4. The molecular formula is C17H28N2O3. The number of ether oxygens (including phenoxy) is 1. The molecule has 1 amide bonds. The molecule has 1 aliphatic heterocycles. The fraction of sp³-hybridized carbons (Fsp3) is 0.765. The molecule has 1 aromatic rings.